The van der Waals surface area contributed by atoms with E-state index in [0.29, 0.717) is 5.69 Å². The van der Waals surface area contributed by atoms with Gasteiger partial charge in [-0.1, -0.05) is 36.4 Å². The second-order valence-corrected chi connectivity index (χ2v) is 4.78. The minimum absolute atomic E-state index is 0.281. The van der Waals surface area contributed by atoms with Crippen molar-refractivity contribution in [2.45, 2.75) is 26.0 Å². The van der Waals surface area contributed by atoms with E-state index >= 15 is 0 Å². The van der Waals surface area contributed by atoms with Gasteiger partial charge in [-0.25, -0.2) is 4.98 Å². The van der Waals surface area contributed by atoms with Gasteiger partial charge < -0.3 is 10.4 Å². The van der Waals surface area contributed by atoms with Crippen molar-refractivity contribution >= 4 is 5.91 Å². The van der Waals surface area contributed by atoms with E-state index in [0.717, 1.165) is 11.3 Å². The summed E-state index contributed by atoms with van der Waals surface area (Å²) >= 11 is 0. The highest BCUT2D eigenvalue weighted by atomic mass is 16.3. The van der Waals surface area contributed by atoms with Gasteiger partial charge in [0.25, 0.3) is 5.91 Å². The van der Waals surface area contributed by atoms with E-state index in [2.05, 4.69) is 10.3 Å². The highest BCUT2D eigenvalue weighted by Crippen LogP contribution is 2.16. The van der Waals surface area contributed by atoms with Crippen LogP contribution in [0.5, 0.6) is 0 Å². The Labute approximate surface area is 118 Å². The summed E-state index contributed by atoms with van der Waals surface area (Å²) in [6, 6.07) is 14.7. The van der Waals surface area contributed by atoms with Crippen molar-refractivity contribution in [2.75, 3.05) is 0 Å². The Morgan fingerprint density at radius 1 is 1.10 bits per heavy atom. The molecule has 1 amide bonds. The van der Waals surface area contributed by atoms with Crippen molar-refractivity contribution in [3.8, 4) is 11.3 Å². The third-order valence-corrected chi connectivity index (χ3v) is 3.13. The fraction of sp³-hybridized carbons (Fsp3) is 0.250. The Morgan fingerprint density at radius 3 is 2.45 bits per heavy atom. The molecule has 0 saturated heterocycles. The number of aromatic nitrogens is 1. The van der Waals surface area contributed by atoms with E-state index in [-0.39, 0.29) is 11.9 Å². The summed E-state index contributed by atoms with van der Waals surface area (Å²) in [5, 5.41) is 12.1. The maximum absolute atomic E-state index is 12.1. The van der Waals surface area contributed by atoms with Crippen LogP contribution in [0.3, 0.4) is 0 Å². The van der Waals surface area contributed by atoms with E-state index in [4.69, 9.17) is 0 Å². The van der Waals surface area contributed by atoms with Crippen molar-refractivity contribution in [1.82, 2.24) is 10.3 Å². The number of aliphatic hydroxyl groups is 1. The van der Waals surface area contributed by atoms with Crippen LogP contribution in [0.25, 0.3) is 11.3 Å². The molecule has 1 aromatic carbocycles. The summed E-state index contributed by atoms with van der Waals surface area (Å²) in [4.78, 5) is 16.4. The fourth-order valence-electron chi connectivity index (χ4n) is 1.73. The molecule has 0 bridgehead atoms. The number of hydrogen-bond donors (Lipinski definition) is 2. The lowest BCUT2D eigenvalue weighted by molar-refractivity contribution is 0.0869. The topological polar surface area (TPSA) is 62.2 Å². The minimum atomic E-state index is -0.601. The van der Waals surface area contributed by atoms with E-state index in [1.807, 2.05) is 36.4 Å². The smallest absolute Gasteiger partial charge is 0.270 e. The quantitative estimate of drug-likeness (QED) is 0.895. The first-order valence-electron chi connectivity index (χ1n) is 6.59. The van der Waals surface area contributed by atoms with Gasteiger partial charge in [0.2, 0.25) is 0 Å². The van der Waals surface area contributed by atoms with Gasteiger partial charge >= 0.3 is 0 Å². The number of rotatable bonds is 4. The zero-order valence-corrected chi connectivity index (χ0v) is 11.6. The summed E-state index contributed by atoms with van der Waals surface area (Å²) in [6.07, 6.45) is -0.601. The summed E-state index contributed by atoms with van der Waals surface area (Å²) in [5.74, 6) is -0.281. The SMILES string of the molecule is CC(NC(=O)c1cccc(-c2ccccc2)n1)[C@@H](C)O. The number of nitrogens with one attached hydrogen (secondary N) is 1. The average molecular weight is 270 g/mol. The molecular weight excluding hydrogens is 252 g/mol. The number of nitrogens with zero attached hydrogens (tertiary/aromatic N) is 1. The first-order chi connectivity index (χ1) is 9.58. The normalized spacial score (nSPS) is 13.6. The first kappa shape index (κ1) is 14.2. The zero-order valence-electron chi connectivity index (χ0n) is 11.6. The second-order valence-electron chi connectivity index (χ2n) is 4.78. The fourth-order valence-corrected chi connectivity index (χ4v) is 1.73. The summed E-state index contributed by atoms with van der Waals surface area (Å²) < 4.78 is 0. The van der Waals surface area contributed by atoms with Crippen LogP contribution in [0.4, 0.5) is 0 Å². The van der Waals surface area contributed by atoms with Gasteiger partial charge in [-0.2, -0.15) is 0 Å². The lowest BCUT2D eigenvalue weighted by atomic mass is 10.1. The van der Waals surface area contributed by atoms with Crippen LogP contribution in [0.1, 0.15) is 24.3 Å². The molecule has 4 heteroatoms. The molecule has 0 saturated carbocycles. The largest absolute Gasteiger partial charge is 0.391 e. The molecule has 1 aromatic heterocycles. The minimum Gasteiger partial charge on any atom is -0.391 e. The first-order valence-corrected chi connectivity index (χ1v) is 6.59. The third kappa shape index (κ3) is 3.42. The number of hydrogen-bond acceptors (Lipinski definition) is 3. The number of carbonyl (C=O) groups excluding carboxylic acids is 1. The monoisotopic (exact) mass is 270 g/mol. The molecule has 0 aliphatic carbocycles. The van der Waals surface area contributed by atoms with Gasteiger partial charge in [0.1, 0.15) is 5.69 Å². The summed E-state index contributed by atoms with van der Waals surface area (Å²) in [6.45, 7) is 3.39. The Balaban J connectivity index is 2.20. The zero-order chi connectivity index (χ0) is 14.5. The van der Waals surface area contributed by atoms with Crippen LogP contribution in [-0.2, 0) is 0 Å². The molecule has 1 heterocycles. The maximum atomic E-state index is 12.1. The average Bonchev–Trinajstić information content (AvgIpc) is 2.48. The molecule has 2 aromatic rings. The lowest BCUT2D eigenvalue weighted by Crippen LogP contribution is -2.40. The third-order valence-electron chi connectivity index (χ3n) is 3.13. The molecule has 104 valence electrons. The van der Waals surface area contributed by atoms with Crippen LogP contribution < -0.4 is 5.32 Å². The van der Waals surface area contributed by atoms with E-state index in [9.17, 15) is 9.90 Å². The van der Waals surface area contributed by atoms with Gasteiger partial charge in [-0.05, 0) is 26.0 Å². The number of pyridine rings is 1. The van der Waals surface area contributed by atoms with Crippen molar-refractivity contribution in [3.05, 3.63) is 54.2 Å². The Bertz CT molecular complexity index is 582. The lowest BCUT2D eigenvalue weighted by Gasteiger charge is -2.16. The molecule has 2 atom stereocenters. The molecule has 20 heavy (non-hydrogen) atoms. The number of benzene rings is 1. The molecule has 2 N–H and O–H groups in total. The number of amides is 1. The number of carbonyl (C=O) groups is 1. The second kappa shape index (κ2) is 6.30. The van der Waals surface area contributed by atoms with Gasteiger partial charge in [-0.3, -0.25) is 4.79 Å². The van der Waals surface area contributed by atoms with Crippen molar-refractivity contribution in [2.24, 2.45) is 0 Å². The van der Waals surface area contributed by atoms with Crippen LogP contribution >= 0.6 is 0 Å². The standard InChI is InChI=1S/C16H18N2O2/c1-11(12(2)19)17-16(20)15-10-6-9-14(18-15)13-7-4-3-5-8-13/h3-12,19H,1-2H3,(H,17,20)/t11?,12-/m1/s1. The van der Waals surface area contributed by atoms with Gasteiger partial charge in [-0.15, -0.1) is 0 Å². The summed E-state index contributed by atoms with van der Waals surface area (Å²) in [5.41, 5.74) is 2.06. The Hall–Kier alpha value is -2.20. The molecule has 4 nitrogen and oxygen atoms in total. The van der Waals surface area contributed by atoms with Crippen LogP contribution in [0, 0.1) is 0 Å². The van der Waals surface area contributed by atoms with E-state index in [1.165, 1.54) is 0 Å². The van der Waals surface area contributed by atoms with E-state index < -0.39 is 6.10 Å². The van der Waals surface area contributed by atoms with Crippen LogP contribution in [-0.4, -0.2) is 28.1 Å². The molecule has 0 fully saturated rings. The Morgan fingerprint density at radius 2 is 1.80 bits per heavy atom. The molecule has 0 aliphatic heterocycles. The van der Waals surface area contributed by atoms with Gasteiger partial charge in [0.15, 0.2) is 0 Å². The molecule has 2 rings (SSSR count). The van der Waals surface area contributed by atoms with Crippen molar-refractivity contribution in [1.29, 1.82) is 0 Å². The Kier molecular flexibility index (Phi) is 4.48. The maximum Gasteiger partial charge on any atom is 0.270 e. The van der Waals surface area contributed by atoms with Crippen LogP contribution in [0.15, 0.2) is 48.5 Å². The van der Waals surface area contributed by atoms with Gasteiger partial charge in [0, 0.05) is 5.56 Å². The molecule has 0 aliphatic rings. The van der Waals surface area contributed by atoms with Crippen molar-refractivity contribution in [3.63, 3.8) is 0 Å². The van der Waals surface area contributed by atoms with Crippen molar-refractivity contribution < 1.29 is 9.90 Å². The highest BCUT2D eigenvalue weighted by Gasteiger charge is 2.15. The predicted molar refractivity (Wildman–Crippen MR) is 78.3 cm³/mol. The molecular formula is C16H18N2O2. The number of aliphatic hydroxyl groups excluding tert-OH is 1. The molecule has 0 radical (unpaired) electrons. The van der Waals surface area contributed by atoms with Gasteiger partial charge in [0.05, 0.1) is 17.8 Å². The highest BCUT2D eigenvalue weighted by molar-refractivity contribution is 5.93. The molecule has 1 unspecified atom stereocenters. The molecule has 0 spiro atoms. The van der Waals surface area contributed by atoms with Crippen LogP contribution in [0.2, 0.25) is 0 Å². The predicted octanol–water partition coefficient (Wildman–Crippen LogP) is 2.25. The summed E-state index contributed by atoms with van der Waals surface area (Å²) in [7, 11) is 0. The van der Waals surface area contributed by atoms with E-state index in [1.54, 1.807) is 26.0 Å².